The number of benzene rings is 1. The Labute approximate surface area is 128 Å². The Morgan fingerprint density at radius 1 is 1.18 bits per heavy atom. The van der Waals surface area contributed by atoms with Crippen molar-refractivity contribution in [1.82, 2.24) is 10.2 Å². The highest BCUT2D eigenvalue weighted by Crippen LogP contribution is 2.34. The van der Waals surface area contributed by atoms with Crippen LogP contribution in [0.25, 0.3) is 0 Å². The molecule has 0 bridgehead atoms. The number of nitrogens with zero attached hydrogens (tertiary/aromatic N) is 1. The van der Waals surface area contributed by atoms with Crippen molar-refractivity contribution in [3.05, 3.63) is 35.1 Å². The first-order valence-electron chi connectivity index (χ1n) is 7.60. The van der Waals surface area contributed by atoms with Gasteiger partial charge in [0.15, 0.2) is 0 Å². The molecule has 6 heteroatoms. The Kier molecular flexibility index (Phi) is 5.45. The van der Waals surface area contributed by atoms with Crippen molar-refractivity contribution in [3.63, 3.8) is 0 Å². The first-order chi connectivity index (χ1) is 10.3. The van der Waals surface area contributed by atoms with Crippen LogP contribution in [0.3, 0.4) is 0 Å². The van der Waals surface area contributed by atoms with E-state index in [1.54, 1.807) is 0 Å². The maximum atomic E-state index is 14.3. The number of hydrogen-bond donors (Lipinski definition) is 1. The van der Waals surface area contributed by atoms with Gasteiger partial charge in [-0.2, -0.15) is 13.2 Å². The molecule has 1 heterocycles. The molecule has 1 aliphatic rings. The summed E-state index contributed by atoms with van der Waals surface area (Å²) in [6, 6.07) is 2.72. The summed E-state index contributed by atoms with van der Waals surface area (Å²) in [4.78, 5) is 2.15. The van der Waals surface area contributed by atoms with Gasteiger partial charge in [0.05, 0.1) is 5.56 Å². The van der Waals surface area contributed by atoms with E-state index in [9.17, 15) is 17.6 Å². The van der Waals surface area contributed by atoms with E-state index in [0.29, 0.717) is 17.5 Å². The summed E-state index contributed by atoms with van der Waals surface area (Å²) < 4.78 is 52.3. The third-order valence-electron chi connectivity index (χ3n) is 3.97. The molecule has 0 aliphatic carbocycles. The van der Waals surface area contributed by atoms with E-state index in [4.69, 9.17) is 0 Å². The summed E-state index contributed by atoms with van der Waals surface area (Å²) >= 11 is 0. The summed E-state index contributed by atoms with van der Waals surface area (Å²) in [6.07, 6.45) is -3.79. The maximum Gasteiger partial charge on any atom is 0.416 e. The zero-order chi connectivity index (χ0) is 16.3. The predicted octanol–water partition coefficient (Wildman–Crippen LogP) is 3.84. The molecule has 124 valence electrons. The van der Waals surface area contributed by atoms with Gasteiger partial charge in [0.2, 0.25) is 0 Å². The molecule has 1 N–H and O–H groups in total. The van der Waals surface area contributed by atoms with E-state index < -0.39 is 17.6 Å². The maximum absolute atomic E-state index is 14.3. The van der Waals surface area contributed by atoms with Gasteiger partial charge in [-0.05, 0) is 24.5 Å². The monoisotopic (exact) mass is 318 g/mol. The molecule has 0 amide bonds. The topological polar surface area (TPSA) is 15.3 Å². The summed E-state index contributed by atoms with van der Waals surface area (Å²) in [6.45, 7) is 7.26. The van der Waals surface area contributed by atoms with Gasteiger partial charge in [-0.15, -0.1) is 0 Å². The van der Waals surface area contributed by atoms with Gasteiger partial charge >= 0.3 is 6.18 Å². The van der Waals surface area contributed by atoms with Crippen LogP contribution in [0.1, 0.15) is 37.4 Å². The molecule has 0 aromatic heterocycles. The second-order valence-corrected chi connectivity index (χ2v) is 6.17. The van der Waals surface area contributed by atoms with Gasteiger partial charge in [0.25, 0.3) is 0 Å². The molecule has 22 heavy (non-hydrogen) atoms. The second kappa shape index (κ2) is 6.96. The number of rotatable bonds is 4. The van der Waals surface area contributed by atoms with Crippen molar-refractivity contribution >= 4 is 0 Å². The molecule has 1 fully saturated rings. The van der Waals surface area contributed by atoms with Gasteiger partial charge in [0, 0.05) is 37.8 Å². The van der Waals surface area contributed by atoms with Crippen molar-refractivity contribution in [2.24, 2.45) is 5.92 Å². The molecule has 1 saturated heterocycles. The molecule has 0 unspecified atom stereocenters. The van der Waals surface area contributed by atoms with Crippen molar-refractivity contribution in [1.29, 1.82) is 0 Å². The van der Waals surface area contributed by atoms with Crippen LogP contribution in [0.4, 0.5) is 17.6 Å². The highest BCUT2D eigenvalue weighted by Gasteiger charge is 2.32. The van der Waals surface area contributed by atoms with Crippen molar-refractivity contribution in [2.45, 2.75) is 32.5 Å². The highest BCUT2D eigenvalue weighted by molar-refractivity contribution is 5.29. The lowest BCUT2D eigenvalue weighted by molar-refractivity contribution is -0.137. The van der Waals surface area contributed by atoms with Crippen molar-refractivity contribution < 1.29 is 17.6 Å². The van der Waals surface area contributed by atoms with Crippen LogP contribution in [0.15, 0.2) is 18.2 Å². The van der Waals surface area contributed by atoms with E-state index in [-0.39, 0.29) is 6.04 Å². The standard InChI is InChI=1S/C16H22F4N2/c1-11(2)9-15(22-7-5-21-6-8-22)13-4-3-12(10-14(13)17)16(18,19)20/h3-4,10-11,15,21H,5-9H2,1-2H3/t15-/m1/s1. The Morgan fingerprint density at radius 3 is 2.32 bits per heavy atom. The molecule has 0 saturated carbocycles. The average molecular weight is 318 g/mol. The zero-order valence-electron chi connectivity index (χ0n) is 12.9. The van der Waals surface area contributed by atoms with Gasteiger partial charge in [-0.25, -0.2) is 4.39 Å². The number of halogens is 4. The Balaban J connectivity index is 2.30. The number of piperazine rings is 1. The molecule has 1 aliphatic heterocycles. The predicted molar refractivity (Wildman–Crippen MR) is 78.0 cm³/mol. The normalized spacial score (nSPS) is 18.7. The molecular weight excluding hydrogens is 296 g/mol. The SMILES string of the molecule is CC(C)C[C@H](c1ccc(C(F)(F)F)cc1F)N1CCNCC1. The molecule has 1 atom stereocenters. The first-order valence-corrected chi connectivity index (χ1v) is 7.60. The van der Waals surface area contributed by atoms with E-state index in [1.807, 2.05) is 13.8 Å². The lowest BCUT2D eigenvalue weighted by atomic mass is 9.93. The smallest absolute Gasteiger partial charge is 0.314 e. The van der Waals surface area contributed by atoms with Crippen LogP contribution >= 0.6 is 0 Å². The molecular formula is C16H22F4N2. The van der Waals surface area contributed by atoms with Crippen LogP contribution in [-0.4, -0.2) is 31.1 Å². The van der Waals surface area contributed by atoms with Crippen LogP contribution in [-0.2, 0) is 6.18 Å². The fourth-order valence-electron chi connectivity index (χ4n) is 2.89. The number of alkyl halides is 3. The minimum atomic E-state index is -4.51. The minimum absolute atomic E-state index is 0.176. The van der Waals surface area contributed by atoms with Gasteiger partial charge < -0.3 is 5.32 Å². The summed E-state index contributed by atoms with van der Waals surface area (Å²) in [7, 11) is 0. The number of hydrogen-bond acceptors (Lipinski definition) is 2. The largest absolute Gasteiger partial charge is 0.416 e. The summed E-state index contributed by atoms with van der Waals surface area (Å²) in [5.41, 5.74) is -0.569. The van der Waals surface area contributed by atoms with E-state index >= 15 is 0 Å². The van der Waals surface area contributed by atoms with Crippen LogP contribution in [0.2, 0.25) is 0 Å². The quantitative estimate of drug-likeness (QED) is 0.849. The minimum Gasteiger partial charge on any atom is -0.314 e. The zero-order valence-corrected chi connectivity index (χ0v) is 12.9. The fraction of sp³-hybridized carbons (Fsp3) is 0.625. The molecule has 1 aromatic rings. The van der Waals surface area contributed by atoms with Gasteiger partial charge in [-0.3, -0.25) is 4.90 Å². The molecule has 2 rings (SSSR count). The van der Waals surface area contributed by atoms with Crippen molar-refractivity contribution in [3.8, 4) is 0 Å². The fourth-order valence-corrected chi connectivity index (χ4v) is 2.89. The Hall–Kier alpha value is -1.14. The molecule has 0 radical (unpaired) electrons. The van der Waals surface area contributed by atoms with Crippen molar-refractivity contribution in [2.75, 3.05) is 26.2 Å². The van der Waals surface area contributed by atoms with E-state index in [0.717, 1.165) is 38.7 Å². The van der Waals surface area contributed by atoms with Crippen LogP contribution in [0.5, 0.6) is 0 Å². The average Bonchev–Trinajstić information content (AvgIpc) is 2.45. The van der Waals surface area contributed by atoms with E-state index in [1.165, 1.54) is 6.07 Å². The highest BCUT2D eigenvalue weighted by atomic mass is 19.4. The van der Waals surface area contributed by atoms with E-state index in [2.05, 4.69) is 10.2 Å². The summed E-state index contributed by atoms with van der Waals surface area (Å²) in [5, 5.41) is 3.23. The number of nitrogens with one attached hydrogen (secondary N) is 1. The van der Waals surface area contributed by atoms with Gasteiger partial charge in [-0.1, -0.05) is 19.9 Å². The lowest BCUT2D eigenvalue weighted by Crippen LogP contribution is -2.45. The van der Waals surface area contributed by atoms with Gasteiger partial charge in [0.1, 0.15) is 5.82 Å². The molecule has 1 aromatic carbocycles. The first kappa shape index (κ1) is 17.2. The van der Waals surface area contributed by atoms with Crippen LogP contribution in [0, 0.1) is 11.7 Å². The second-order valence-electron chi connectivity index (χ2n) is 6.17. The summed E-state index contributed by atoms with van der Waals surface area (Å²) in [5.74, 6) is -0.430. The Bertz CT molecular complexity index is 493. The molecule has 2 nitrogen and oxygen atoms in total. The van der Waals surface area contributed by atoms with Crippen LogP contribution < -0.4 is 5.32 Å². The third kappa shape index (κ3) is 4.20. The molecule has 0 spiro atoms. The lowest BCUT2D eigenvalue weighted by Gasteiger charge is -2.36. The third-order valence-corrected chi connectivity index (χ3v) is 3.97. The Morgan fingerprint density at radius 2 is 1.82 bits per heavy atom.